The highest BCUT2D eigenvalue weighted by Gasteiger charge is 2.20. The Kier molecular flexibility index (Phi) is 6.16. The Balaban J connectivity index is 2.23. The van der Waals surface area contributed by atoms with Gasteiger partial charge in [-0.25, -0.2) is 4.79 Å². The Labute approximate surface area is 147 Å². The number of nitrogens with one attached hydrogen (secondary N) is 1. The highest BCUT2D eigenvalue weighted by molar-refractivity contribution is 9.10. The van der Waals surface area contributed by atoms with Gasteiger partial charge in [0.15, 0.2) is 0 Å². The quantitative estimate of drug-likeness (QED) is 0.749. The minimum absolute atomic E-state index is 0.0316. The van der Waals surface area contributed by atoms with Crippen LogP contribution >= 0.6 is 15.9 Å². The summed E-state index contributed by atoms with van der Waals surface area (Å²) in [6, 6.07) is 7.51. The first-order valence-corrected chi connectivity index (χ1v) is 8.16. The number of hydrogen-bond acceptors (Lipinski definition) is 4. The summed E-state index contributed by atoms with van der Waals surface area (Å²) in [4.78, 5) is 23.6. The number of carboxylic acid groups (broad SMARTS) is 1. The van der Waals surface area contributed by atoms with E-state index in [1.165, 1.54) is 19.2 Å². The van der Waals surface area contributed by atoms with Crippen molar-refractivity contribution in [1.29, 1.82) is 0 Å². The van der Waals surface area contributed by atoms with Crippen molar-refractivity contribution >= 4 is 27.8 Å². The van der Waals surface area contributed by atoms with E-state index >= 15 is 0 Å². The molecule has 24 heavy (non-hydrogen) atoms. The first-order chi connectivity index (χ1) is 11.4. The van der Waals surface area contributed by atoms with Gasteiger partial charge >= 0.3 is 5.97 Å². The second-order valence-corrected chi connectivity index (χ2v) is 6.09. The van der Waals surface area contributed by atoms with Crippen LogP contribution in [0.2, 0.25) is 0 Å². The number of aryl methyl sites for hydroxylation is 1. The number of halogens is 1. The number of carbonyl (C=O) groups is 2. The molecule has 6 nitrogen and oxygen atoms in total. The van der Waals surface area contributed by atoms with Crippen molar-refractivity contribution in [3.63, 3.8) is 0 Å². The summed E-state index contributed by atoms with van der Waals surface area (Å²) < 4.78 is 11.3. The molecule has 1 aromatic heterocycles. The van der Waals surface area contributed by atoms with Crippen molar-refractivity contribution in [2.24, 2.45) is 0 Å². The molecule has 0 saturated carbocycles. The fourth-order valence-electron chi connectivity index (χ4n) is 2.22. The van der Waals surface area contributed by atoms with Gasteiger partial charge in [0.1, 0.15) is 17.6 Å². The Bertz CT molecular complexity index is 740. The molecule has 0 aliphatic rings. The molecule has 7 heteroatoms. The molecule has 0 aliphatic heterocycles. The van der Waals surface area contributed by atoms with Gasteiger partial charge in [-0.3, -0.25) is 4.79 Å². The van der Waals surface area contributed by atoms with Gasteiger partial charge in [-0.1, -0.05) is 22.9 Å². The maximum atomic E-state index is 12.5. The second-order valence-electron chi connectivity index (χ2n) is 5.17. The Morgan fingerprint density at radius 1 is 1.29 bits per heavy atom. The van der Waals surface area contributed by atoms with Crippen molar-refractivity contribution in [2.75, 3.05) is 13.7 Å². The van der Waals surface area contributed by atoms with Gasteiger partial charge in [-0.2, -0.15) is 0 Å². The Hall–Kier alpha value is -2.12. The van der Waals surface area contributed by atoms with Gasteiger partial charge < -0.3 is 19.6 Å². The molecule has 2 N–H and O–H groups in total. The maximum Gasteiger partial charge on any atom is 0.335 e. The summed E-state index contributed by atoms with van der Waals surface area (Å²) in [5, 5.41) is 11.9. The van der Waals surface area contributed by atoms with Crippen molar-refractivity contribution in [1.82, 2.24) is 5.32 Å². The average Bonchev–Trinajstić information content (AvgIpc) is 3.02. The van der Waals surface area contributed by atoms with Crippen LogP contribution in [-0.4, -0.2) is 30.7 Å². The van der Waals surface area contributed by atoms with Crippen LogP contribution in [0.3, 0.4) is 0 Å². The van der Waals surface area contributed by atoms with E-state index in [9.17, 15) is 9.59 Å². The number of carbonyl (C=O) groups excluding carboxylic acids is 1. The van der Waals surface area contributed by atoms with E-state index in [0.29, 0.717) is 10.2 Å². The smallest absolute Gasteiger partial charge is 0.335 e. The first-order valence-electron chi connectivity index (χ1n) is 7.37. The van der Waals surface area contributed by atoms with Gasteiger partial charge in [0.25, 0.3) is 5.91 Å². The Morgan fingerprint density at radius 2 is 2.00 bits per heavy atom. The van der Waals surface area contributed by atoms with Crippen LogP contribution in [0, 0.1) is 0 Å². The summed E-state index contributed by atoms with van der Waals surface area (Å²) in [5.74, 6) is -0.0980. The molecule has 1 heterocycles. The maximum absolute atomic E-state index is 12.5. The molecule has 128 valence electrons. The Morgan fingerprint density at radius 3 is 2.58 bits per heavy atom. The fourth-order valence-corrected chi connectivity index (χ4v) is 2.71. The molecular formula is C17H18BrNO5. The van der Waals surface area contributed by atoms with Gasteiger partial charge in [-0.05, 0) is 30.3 Å². The molecular weight excluding hydrogens is 378 g/mol. The van der Waals surface area contributed by atoms with Crippen molar-refractivity contribution in [3.05, 3.63) is 57.5 Å². The lowest BCUT2D eigenvalue weighted by atomic mass is 10.1. The van der Waals surface area contributed by atoms with Crippen LogP contribution in [0.5, 0.6) is 0 Å². The number of aromatic carboxylic acids is 1. The van der Waals surface area contributed by atoms with E-state index in [4.69, 9.17) is 14.3 Å². The lowest BCUT2D eigenvalue weighted by molar-refractivity contribution is 0.0696. The number of hydrogen-bond donors (Lipinski definition) is 2. The normalized spacial score (nSPS) is 12.0. The summed E-state index contributed by atoms with van der Waals surface area (Å²) >= 11 is 3.22. The molecule has 1 aromatic carbocycles. The number of methoxy groups -OCH3 is 1. The topological polar surface area (TPSA) is 88.8 Å². The summed E-state index contributed by atoms with van der Waals surface area (Å²) in [7, 11) is 1.53. The monoisotopic (exact) mass is 395 g/mol. The standard InChI is InChI=1S/C17H18BrNO5/c1-3-13-4-5-15(24-13)14(9-23-2)19-16(20)10-6-11(17(21)22)8-12(18)7-10/h4-8,14H,3,9H2,1-2H3,(H,19,20)(H,21,22). The molecule has 1 unspecified atom stereocenters. The number of rotatable bonds is 7. The van der Waals surface area contributed by atoms with Gasteiger partial charge in [-0.15, -0.1) is 0 Å². The number of furan rings is 1. The van der Waals surface area contributed by atoms with Crippen molar-refractivity contribution in [2.45, 2.75) is 19.4 Å². The van der Waals surface area contributed by atoms with E-state index in [-0.39, 0.29) is 17.7 Å². The van der Waals surface area contributed by atoms with Gasteiger partial charge in [0, 0.05) is 23.6 Å². The number of carboxylic acids is 1. The van der Waals surface area contributed by atoms with Gasteiger partial charge in [0.05, 0.1) is 12.2 Å². The minimum atomic E-state index is -1.10. The zero-order chi connectivity index (χ0) is 17.7. The molecule has 0 radical (unpaired) electrons. The molecule has 0 saturated heterocycles. The fraction of sp³-hybridized carbons (Fsp3) is 0.294. The van der Waals surface area contributed by atoms with E-state index in [1.54, 1.807) is 12.1 Å². The molecule has 1 amide bonds. The largest absolute Gasteiger partial charge is 0.478 e. The third-order valence-electron chi connectivity index (χ3n) is 3.42. The predicted octanol–water partition coefficient (Wildman–Crippen LogP) is 3.42. The van der Waals surface area contributed by atoms with Gasteiger partial charge in [0.2, 0.25) is 0 Å². The zero-order valence-electron chi connectivity index (χ0n) is 13.3. The third kappa shape index (κ3) is 4.46. The molecule has 0 spiro atoms. The molecule has 2 aromatic rings. The first kappa shape index (κ1) is 18.2. The van der Waals surface area contributed by atoms with E-state index in [2.05, 4.69) is 21.2 Å². The predicted molar refractivity (Wildman–Crippen MR) is 91.3 cm³/mol. The molecule has 0 bridgehead atoms. The molecule has 1 atom stereocenters. The van der Waals surface area contributed by atoms with E-state index < -0.39 is 17.9 Å². The van der Waals surface area contributed by atoms with Crippen LogP contribution in [-0.2, 0) is 11.2 Å². The average molecular weight is 396 g/mol. The van der Waals surface area contributed by atoms with Crippen molar-refractivity contribution in [3.8, 4) is 0 Å². The summed E-state index contributed by atoms with van der Waals surface area (Å²) in [6.45, 7) is 2.21. The minimum Gasteiger partial charge on any atom is -0.478 e. The van der Waals surface area contributed by atoms with E-state index in [1.807, 2.05) is 13.0 Å². The highest BCUT2D eigenvalue weighted by atomic mass is 79.9. The SMILES string of the molecule is CCc1ccc(C(COC)NC(=O)c2cc(Br)cc(C(=O)O)c2)o1. The van der Waals surface area contributed by atoms with Crippen LogP contribution in [0.15, 0.2) is 39.2 Å². The van der Waals surface area contributed by atoms with E-state index in [0.717, 1.165) is 12.2 Å². The molecule has 0 aliphatic carbocycles. The third-order valence-corrected chi connectivity index (χ3v) is 3.88. The van der Waals surface area contributed by atoms with Crippen molar-refractivity contribution < 1.29 is 23.8 Å². The number of amides is 1. The second kappa shape index (κ2) is 8.12. The number of ether oxygens (including phenoxy) is 1. The van der Waals surface area contributed by atoms with Crippen LogP contribution in [0.25, 0.3) is 0 Å². The van der Waals surface area contributed by atoms with Crippen LogP contribution in [0.4, 0.5) is 0 Å². The van der Waals surface area contributed by atoms with Crippen LogP contribution in [0.1, 0.15) is 45.2 Å². The molecule has 0 fully saturated rings. The number of benzene rings is 1. The highest BCUT2D eigenvalue weighted by Crippen LogP contribution is 2.20. The summed E-state index contributed by atoms with van der Waals surface area (Å²) in [6.07, 6.45) is 0.751. The summed E-state index contributed by atoms with van der Waals surface area (Å²) in [5.41, 5.74) is 0.272. The lowest BCUT2D eigenvalue weighted by Crippen LogP contribution is -2.31. The van der Waals surface area contributed by atoms with Crippen LogP contribution < -0.4 is 5.32 Å². The molecule has 2 rings (SSSR count). The zero-order valence-corrected chi connectivity index (χ0v) is 14.9. The lowest BCUT2D eigenvalue weighted by Gasteiger charge is -2.16.